The van der Waals surface area contributed by atoms with Crippen LogP contribution in [0.15, 0.2) is 0 Å². The first kappa shape index (κ1) is 56.5. The second-order valence-electron chi connectivity index (χ2n) is 5.72. The Kier molecular flexibility index (Phi) is 94.1. The second-order valence-corrected chi connectivity index (χ2v) is 11.7. The molecule has 0 spiro atoms. The van der Waals surface area contributed by atoms with Crippen molar-refractivity contribution in [1.82, 2.24) is 0 Å². The molecule has 0 saturated carbocycles. The Labute approximate surface area is 175 Å². The Hall–Kier alpha value is 0.642. The number of aliphatic hydroxyl groups is 1. The number of aliphatic carboxylic acids is 1. The average Bonchev–Trinajstić information content (AvgIpc) is 2.00. The topological polar surface area (TPSA) is 74.6 Å². The maximum absolute atomic E-state index is 9.70. The van der Waals surface area contributed by atoms with E-state index in [-0.39, 0.29) is 81.4 Å². The zero-order chi connectivity index (χ0) is 15.9. The molecule has 2 N–H and O–H groups in total. The SMILES string of the molecule is C.C.C.CC(C)=O.CC(C)C(=O)O.CCO.C[Si](C)(C)C.[Re].[Re]. The molecule has 7 heteroatoms. The van der Waals surface area contributed by atoms with E-state index >= 15 is 0 Å². The van der Waals surface area contributed by atoms with Crippen LogP contribution in [-0.2, 0) is 50.4 Å². The standard InChI is InChI=1S/C4H8O2.C4H12Si.C3H6O.C2H6O.3CH4.2Re/c1-3(2)4(5)6;1-5(2,3)4;1-3(2)4;1-2-3;;;;;/h3H,1-2H3,(H,5,6);1-4H3;1-2H3;3H,2H2,1H3;3*1H4;;. The zero-order valence-electron chi connectivity index (χ0n) is 14.3. The third-order valence-corrected chi connectivity index (χ3v) is 0.494. The predicted molar refractivity (Wildman–Crippen MR) is 101 cm³/mol. The molecule has 150 valence electrons. The summed E-state index contributed by atoms with van der Waals surface area (Å²) in [6.45, 7) is 17.6. The van der Waals surface area contributed by atoms with Gasteiger partial charge >= 0.3 is 5.97 Å². The third-order valence-electron chi connectivity index (χ3n) is 0.494. The van der Waals surface area contributed by atoms with Crippen LogP contribution in [0.2, 0.25) is 26.2 Å². The van der Waals surface area contributed by atoms with Crippen LogP contribution in [0.4, 0.5) is 0 Å². The molecule has 0 rings (SSSR count). The van der Waals surface area contributed by atoms with Crippen molar-refractivity contribution in [2.24, 2.45) is 5.92 Å². The summed E-state index contributed by atoms with van der Waals surface area (Å²) < 4.78 is 0. The number of hydrogen-bond donors (Lipinski definition) is 2. The summed E-state index contributed by atoms with van der Waals surface area (Å²) in [7, 11) is -0.611. The molecule has 0 aromatic rings. The Bertz CT molecular complexity index is 197. The van der Waals surface area contributed by atoms with Gasteiger partial charge in [-0.05, 0) is 20.8 Å². The van der Waals surface area contributed by atoms with Crippen LogP contribution in [-0.4, -0.2) is 36.6 Å². The van der Waals surface area contributed by atoms with Crippen molar-refractivity contribution in [3.8, 4) is 0 Å². The summed E-state index contributed by atoms with van der Waals surface area (Å²) in [5.41, 5.74) is 0. The van der Waals surface area contributed by atoms with Gasteiger partial charge in [0, 0.05) is 55.5 Å². The smallest absolute Gasteiger partial charge is 0.305 e. The van der Waals surface area contributed by atoms with E-state index in [1.54, 1.807) is 20.8 Å². The molecule has 0 aliphatic carbocycles. The molecular weight excluding hydrogens is 657 g/mol. The van der Waals surface area contributed by atoms with Gasteiger partial charge in [0.2, 0.25) is 0 Å². The predicted octanol–water partition coefficient (Wildman–Crippen LogP) is 5.18. The number of hydrogen-bond acceptors (Lipinski definition) is 3. The number of aliphatic hydroxyl groups excluding tert-OH is 1. The summed E-state index contributed by atoms with van der Waals surface area (Å²) in [4.78, 5) is 19.1. The number of rotatable bonds is 1. The Morgan fingerprint density at radius 3 is 0.957 bits per heavy atom. The number of carboxylic acid groups (broad SMARTS) is 1. The molecule has 23 heavy (non-hydrogen) atoms. The Morgan fingerprint density at radius 1 is 0.913 bits per heavy atom. The summed E-state index contributed by atoms with van der Waals surface area (Å²) >= 11 is 0. The van der Waals surface area contributed by atoms with Crippen molar-refractivity contribution < 1.29 is 60.6 Å². The van der Waals surface area contributed by atoms with Gasteiger partial charge in [0.25, 0.3) is 0 Å². The van der Waals surface area contributed by atoms with Crippen LogP contribution in [0.1, 0.15) is 56.9 Å². The molecule has 0 atom stereocenters. The fourth-order valence-electron chi connectivity index (χ4n) is 0. The van der Waals surface area contributed by atoms with E-state index in [1.807, 2.05) is 0 Å². The number of carbonyl (C=O) groups is 2. The minimum Gasteiger partial charge on any atom is -0.481 e. The van der Waals surface area contributed by atoms with Crippen molar-refractivity contribution in [1.29, 1.82) is 0 Å². The Balaban J connectivity index is -0.0000000155. The van der Waals surface area contributed by atoms with Gasteiger partial charge in [-0.1, -0.05) is 62.3 Å². The first-order valence-corrected chi connectivity index (χ1v) is 10.1. The fraction of sp³-hybridized carbons (Fsp3) is 0.875. The van der Waals surface area contributed by atoms with E-state index in [1.165, 1.54) is 13.8 Å². The second kappa shape index (κ2) is 38.3. The van der Waals surface area contributed by atoms with Gasteiger partial charge in [-0.2, -0.15) is 0 Å². The molecule has 0 amide bonds. The zero-order valence-corrected chi connectivity index (χ0v) is 20.7. The number of ketones is 1. The van der Waals surface area contributed by atoms with Gasteiger partial charge in [-0.15, -0.1) is 0 Å². The molecule has 0 aliphatic rings. The molecule has 0 heterocycles. The van der Waals surface area contributed by atoms with Gasteiger partial charge in [0.1, 0.15) is 5.78 Å². The van der Waals surface area contributed by atoms with Crippen LogP contribution >= 0.6 is 0 Å². The summed E-state index contributed by atoms with van der Waals surface area (Å²) in [5, 5.41) is 15.6. The maximum atomic E-state index is 9.70. The fourth-order valence-corrected chi connectivity index (χ4v) is 0. The quantitative estimate of drug-likeness (QED) is 0.370. The van der Waals surface area contributed by atoms with E-state index < -0.39 is 14.0 Å². The molecule has 4 nitrogen and oxygen atoms in total. The molecule has 0 unspecified atom stereocenters. The van der Waals surface area contributed by atoms with Crippen LogP contribution in [0, 0.1) is 5.92 Å². The molecular formula is C16H44O4Re2Si. The van der Waals surface area contributed by atoms with Crippen LogP contribution in [0.5, 0.6) is 0 Å². The van der Waals surface area contributed by atoms with Gasteiger partial charge < -0.3 is 15.0 Å². The van der Waals surface area contributed by atoms with E-state index in [2.05, 4.69) is 26.2 Å². The normalized spacial score (nSPS) is 6.91. The van der Waals surface area contributed by atoms with Crippen molar-refractivity contribution in [3.05, 3.63) is 0 Å². The summed E-state index contributed by atoms with van der Waals surface area (Å²) in [6, 6.07) is 0. The van der Waals surface area contributed by atoms with Crippen LogP contribution < -0.4 is 0 Å². The largest absolute Gasteiger partial charge is 0.481 e. The van der Waals surface area contributed by atoms with E-state index in [9.17, 15) is 9.59 Å². The van der Waals surface area contributed by atoms with Crippen molar-refractivity contribution in [3.63, 3.8) is 0 Å². The number of Topliss-reactive ketones (excluding diaryl/α,β-unsaturated/α-hetero) is 1. The number of carbonyl (C=O) groups excluding carboxylic acids is 1. The minimum absolute atomic E-state index is 0. The molecule has 0 fully saturated rings. The third kappa shape index (κ3) is 448. The van der Waals surface area contributed by atoms with Crippen LogP contribution in [0.3, 0.4) is 0 Å². The number of carboxylic acids is 1. The van der Waals surface area contributed by atoms with E-state index in [0.29, 0.717) is 0 Å². The molecule has 2 radical (unpaired) electrons. The molecule has 0 aliphatic heterocycles. The summed E-state index contributed by atoms with van der Waals surface area (Å²) in [5.74, 6) is -0.806. The molecule has 0 saturated heterocycles. The minimum atomic E-state index is -0.741. The maximum Gasteiger partial charge on any atom is 0.305 e. The van der Waals surface area contributed by atoms with Crippen molar-refractivity contribution >= 4 is 19.8 Å². The van der Waals surface area contributed by atoms with Crippen molar-refractivity contribution in [2.45, 2.75) is 83.1 Å². The van der Waals surface area contributed by atoms with Crippen LogP contribution in [0.25, 0.3) is 0 Å². The average molecular weight is 701 g/mol. The first-order chi connectivity index (χ1) is 7.79. The van der Waals surface area contributed by atoms with Gasteiger partial charge in [0.05, 0.1) is 5.92 Å². The molecule has 0 aromatic heterocycles. The van der Waals surface area contributed by atoms with Gasteiger partial charge in [-0.3, -0.25) is 4.79 Å². The first-order valence-electron chi connectivity index (χ1n) is 6.10. The molecule has 0 bridgehead atoms. The summed E-state index contributed by atoms with van der Waals surface area (Å²) in [6.07, 6.45) is 0. The van der Waals surface area contributed by atoms with E-state index in [4.69, 9.17) is 10.2 Å². The van der Waals surface area contributed by atoms with Gasteiger partial charge in [-0.25, -0.2) is 0 Å². The van der Waals surface area contributed by atoms with Gasteiger partial charge in [0.15, 0.2) is 0 Å². The van der Waals surface area contributed by atoms with E-state index in [0.717, 1.165) is 0 Å². The monoisotopic (exact) mass is 702 g/mol. The molecule has 0 aromatic carbocycles. The Morgan fingerprint density at radius 2 is 0.957 bits per heavy atom. The van der Waals surface area contributed by atoms with Crippen molar-refractivity contribution in [2.75, 3.05) is 6.61 Å².